The van der Waals surface area contributed by atoms with E-state index >= 15 is 0 Å². The van der Waals surface area contributed by atoms with Gasteiger partial charge in [0.05, 0.1) is 0 Å². The zero-order chi connectivity index (χ0) is 11.5. The molecule has 0 aromatic carbocycles. The molecule has 0 saturated carbocycles. The summed E-state index contributed by atoms with van der Waals surface area (Å²) in [6, 6.07) is 5.95. The van der Waals surface area contributed by atoms with Gasteiger partial charge in [0.2, 0.25) is 0 Å². The molecule has 1 fully saturated rings. The topological polar surface area (TPSA) is 45.5 Å². The van der Waals surface area contributed by atoms with Crippen molar-refractivity contribution in [3.05, 3.63) is 30.2 Å². The van der Waals surface area contributed by atoms with Crippen LogP contribution in [0.4, 0.5) is 0 Å². The first-order valence-corrected chi connectivity index (χ1v) is 6.15. The summed E-state index contributed by atoms with van der Waals surface area (Å²) in [5, 5.41) is 7.82. The van der Waals surface area contributed by atoms with Gasteiger partial charge in [0.25, 0.3) is 0 Å². The minimum atomic E-state index is 0.932. The van der Waals surface area contributed by atoms with Crippen molar-refractivity contribution >= 4 is 5.65 Å². The fourth-order valence-electron chi connectivity index (χ4n) is 2.18. The van der Waals surface area contributed by atoms with Crippen LogP contribution in [0.1, 0.15) is 5.82 Å². The van der Waals surface area contributed by atoms with Crippen LogP contribution in [0.3, 0.4) is 0 Å². The quantitative estimate of drug-likeness (QED) is 0.818. The molecule has 3 rings (SSSR count). The molecule has 5 nitrogen and oxygen atoms in total. The van der Waals surface area contributed by atoms with E-state index < -0.39 is 0 Å². The smallest absolute Gasteiger partial charge is 0.155 e. The van der Waals surface area contributed by atoms with E-state index in [-0.39, 0.29) is 0 Å². The summed E-state index contributed by atoms with van der Waals surface area (Å²) in [6.45, 7) is 5.51. The maximum absolute atomic E-state index is 4.51. The lowest BCUT2D eigenvalue weighted by Crippen LogP contribution is -2.44. The Morgan fingerprint density at radius 2 is 2.12 bits per heavy atom. The molecule has 0 amide bonds. The number of fused-ring (bicyclic) bond motifs is 1. The molecule has 0 spiro atoms. The molecule has 1 saturated heterocycles. The maximum Gasteiger partial charge on any atom is 0.155 e. The molecule has 0 radical (unpaired) electrons. The number of hydrogen-bond donors (Lipinski definition) is 1. The zero-order valence-corrected chi connectivity index (χ0v) is 9.84. The number of hydrogen-bond acceptors (Lipinski definition) is 4. The van der Waals surface area contributed by atoms with E-state index in [0.717, 1.165) is 50.6 Å². The van der Waals surface area contributed by atoms with E-state index in [1.165, 1.54) is 0 Å². The van der Waals surface area contributed by atoms with Crippen LogP contribution in [0.15, 0.2) is 24.4 Å². The van der Waals surface area contributed by atoms with Gasteiger partial charge in [0.15, 0.2) is 11.5 Å². The van der Waals surface area contributed by atoms with Gasteiger partial charge in [-0.2, -0.15) is 5.10 Å². The van der Waals surface area contributed by atoms with Gasteiger partial charge in [-0.25, -0.2) is 9.50 Å². The number of aromatic nitrogens is 3. The summed E-state index contributed by atoms with van der Waals surface area (Å²) >= 11 is 0. The zero-order valence-electron chi connectivity index (χ0n) is 9.84. The number of piperazine rings is 1. The molecule has 0 unspecified atom stereocenters. The minimum Gasteiger partial charge on any atom is -0.314 e. The van der Waals surface area contributed by atoms with Gasteiger partial charge in [-0.05, 0) is 12.1 Å². The molecular weight excluding hydrogens is 214 g/mol. The van der Waals surface area contributed by atoms with E-state index in [0.29, 0.717) is 0 Å². The highest BCUT2D eigenvalue weighted by molar-refractivity contribution is 5.36. The largest absolute Gasteiger partial charge is 0.314 e. The third kappa shape index (κ3) is 2.45. The summed E-state index contributed by atoms with van der Waals surface area (Å²) in [5.74, 6) is 0.940. The normalized spacial score (nSPS) is 17.6. The van der Waals surface area contributed by atoms with Crippen LogP contribution < -0.4 is 5.32 Å². The van der Waals surface area contributed by atoms with Crippen molar-refractivity contribution in [2.75, 3.05) is 32.7 Å². The van der Waals surface area contributed by atoms with Gasteiger partial charge in [-0.1, -0.05) is 6.07 Å². The highest BCUT2D eigenvalue weighted by Gasteiger charge is 2.10. The van der Waals surface area contributed by atoms with Crippen molar-refractivity contribution in [2.45, 2.75) is 6.42 Å². The molecule has 1 aliphatic rings. The van der Waals surface area contributed by atoms with Crippen LogP contribution >= 0.6 is 0 Å². The molecule has 2 aromatic heterocycles. The van der Waals surface area contributed by atoms with Crippen molar-refractivity contribution in [2.24, 2.45) is 0 Å². The third-order valence-corrected chi connectivity index (χ3v) is 3.15. The number of rotatable bonds is 3. The van der Waals surface area contributed by atoms with E-state index in [2.05, 4.69) is 20.3 Å². The average Bonchev–Trinajstić information content (AvgIpc) is 2.80. The third-order valence-electron chi connectivity index (χ3n) is 3.15. The average molecular weight is 231 g/mol. The summed E-state index contributed by atoms with van der Waals surface area (Å²) in [6.07, 6.45) is 2.87. The summed E-state index contributed by atoms with van der Waals surface area (Å²) in [7, 11) is 0. The Morgan fingerprint density at radius 1 is 1.24 bits per heavy atom. The van der Waals surface area contributed by atoms with Gasteiger partial charge < -0.3 is 10.2 Å². The Bertz CT molecular complexity index is 453. The van der Waals surface area contributed by atoms with Crippen molar-refractivity contribution in [1.29, 1.82) is 0 Å². The number of nitrogens with zero attached hydrogens (tertiary/aromatic N) is 4. The molecule has 3 heterocycles. The first kappa shape index (κ1) is 10.7. The van der Waals surface area contributed by atoms with Crippen LogP contribution in [0.2, 0.25) is 0 Å². The molecule has 0 atom stereocenters. The monoisotopic (exact) mass is 231 g/mol. The van der Waals surface area contributed by atoms with Crippen LogP contribution in [0, 0.1) is 0 Å². The second-order valence-electron chi connectivity index (χ2n) is 4.37. The van der Waals surface area contributed by atoms with Crippen molar-refractivity contribution in [1.82, 2.24) is 24.8 Å². The Balaban J connectivity index is 1.64. The van der Waals surface area contributed by atoms with Crippen LogP contribution in [0.25, 0.3) is 5.65 Å². The summed E-state index contributed by atoms with van der Waals surface area (Å²) < 4.78 is 1.84. The fourth-order valence-corrected chi connectivity index (χ4v) is 2.18. The number of nitrogens with one attached hydrogen (secondary N) is 1. The lowest BCUT2D eigenvalue weighted by molar-refractivity contribution is 0.242. The highest BCUT2D eigenvalue weighted by atomic mass is 15.3. The van der Waals surface area contributed by atoms with Gasteiger partial charge in [-0.15, -0.1) is 0 Å². The maximum atomic E-state index is 4.51. The van der Waals surface area contributed by atoms with Crippen molar-refractivity contribution < 1.29 is 0 Å². The predicted molar refractivity (Wildman–Crippen MR) is 66.0 cm³/mol. The lowest BCUT2D eigenvalue weighted by Gasteiger charge is -2.26. The Morgan fingerprint density at radius 3 is 2.94 bits per heavy atom. The van der Waals surface area contributed by atoms with Crippen molar-refractivity contribution in [3.8, 4) is 0 Å². The Labute approximate surface area is 100 Å². The van der Waals surface area contributed by atoms with Crippen LogP contribution in [-0.2, 0) is 6.42 Å². The second kappa shape index (κ2) is 4.81. The first-order valence-electron chi connectivity index (χ1n) is 6.15. The van der Waals surface area contributed by atoms with Gasteiger partial charge in [0.1, 0.15) is 0 Å². The standard InChI is InChI=1S/C12H17N5/c1-2-7-17-12(3-1)14-11(15-17)4-8-16-9-5-13-6-10-16/h1-3,7,13H,4-6,8-10H2. The molecule has 2 aromatic rings. The van der Waals surface area contributed by atoms with Crippen LogP contribution in [-0.4, -0.2) is 52.2 Å². The molecule has 17 heavy (non-hydrogen) atoms. The molecule has 1 aliphatic heterocycles. The molecule has 1 N–H and O–H groups in total. The van der Waals surface area contributed by atoms with Crippen LogP contribution in [0.5, 0.6) is 0 Å². The Hall–Kier alpha value is -1.46. The van der Waals surface area contributed by atoms with E-state index in [1.807, 2.05) is 28.9 Å². The van der Waals surface area contributed by atoms with Crippen molar-refractivity contribution in [3.63, 3.8) is 0 Å². The predicted octanol–water partition coefficient (Wildman–Crippen LogP) is 0.177. The lowest BCUT2D eigenvalue weighted by atomic mass is 10.3. The highest BCUT2D eigenvalue weighted by Crippen LogP contribution is 2.02. The molecule has 90 valence electrons. The molecular formula is C12H17N5. The second-order valence-corrected chi connectivity index (χ2v) is 4.37. The molecule has 0 aliphatic carbocycles. The van der Waals surface area contributed by atoms with E-state index in [9.17, 15) is 0 Å². The van der Waals surface area contributed by atoms with E-state index in [1.54, 1.807) is 0 Å². The fraction of sp³-hybridized carbons (Fsp3) is 0.500. The van der Waals surface area contributed by atoms with E-state index in [4.69, 9.17) is 0 Å². The minimum absolute atomic E-state index is 0.932. The van der Waals surface area contributed by atoms with Gasteiger partial charge in [-0.3, -0.25) is 0 Å². The molecule has 0 bridgehead atoms. The van der Waals surface area contributed by atoms with Gasteiger partial charge >= 0.3 is 0 Å². The number of pyridine rings is 1. The first-order chi connectivity index (χ1) is 8.42. The SMILES string of the molecule is c1ccn2nc(CCN3CCNCC3)nc2c1. The van der Waals surface area contributed by atoms with Gasteiger partial charge in [0, 0.05) is 45.3 Å². The molecule has 5 heteroatoms. The Kier molecular flexibility index (Phi) is 3.02. The summed E-state index contributed by atoms with van der Waals surface area (Å²) in [4.78, 5) is 6.97. The summed E-state index contributed by atoms with van der Waals surface area (Å²) in [5.41, 5.74) is 0.933.